The Morgan fingerprint density at radius 3 is 2.83 bits per heavy atom. The highest BCUT2D eigenvalue weighted by Gasteiger charge is 2.06. The van der Waals surface area contributed by atoms with Gasteiger partial charge in [0.05, 0.1) is 6.42 Å². The summed E-state index contributed by atoms with van der Waals surface area (Å²) in [6, 6.07) is 9.37. The van der Waals surface area contributed by atoms with Crippen molar-refractivity contribution in [1.29, 1.82) is 0 Å². The van der Waals surface area contributed by atoms with Gasteiger partial charge in [0, 0.05) is 6.42 Å². The number of ether oxygens (including phenoxy) is 1. The Hall–Kier alpha value is -2.37. The van der Waals surface area contributed by atoms with E-state index in [1.165, 1.54) is 0 Å². The van der Waals surface area contributed by atoms with Crippen molar-refractivity contribution in [3.05, 3.63) is 42.0 Å². The molecule has 1 aromatic heterocycles. The molecule has 0 amide bonds. The first-order chi connectivity index (χ1) is 8.74. The van der Waals surface area contributed by atoms with E-state index < -0.39 is 5.97 Å². The fourth-order valence-corrected chi connectivity index (χ4v) is 1.40. The number of carboxylic acid groups (broad SMARTS) is 1. The van der Waals surface area contributed by atoms with Crippen molar-refractivity contribution < 1.29 is 14.6 Å². The molecule has 2 rings (SSSR count). The molecule has 0 atom stereocenters. The van der Waals surface area contributed by atoms with Crippen molar-refractivity contribution in [1.82, 2.24) is 15.2 Å². The summed E-state index contributed by atoms with van der Waals surface area (Å²) < 4.78 is 5.48. The molecule has 6 nitrogen and oxygen atoms in total. The molecule has 0 aliphatic heterocycles. The number of aliphatic carboxylic acids is 1. The molecule has 18 heavy (non-hydrogen) atoms. The van der Waals surface area contributed by atoms with Crippen LogP contribution in [0.15, 0.2) is 30.3 Å². The first-order valence-corrected chi connectivity index (χ1v) is 5.54. The van der Waals surface area contributed by atoms with E-state index in [-0.39, 0.29) is 13.0 Å². The van der Waals surface area contributed by atoms with E-state index in [2.05, 4.69) is 15.2 Å². The number of H-pyrrole nitrogens is 1. The molecule has 0 aliphatic carbocycles. The van der Waals surface area contributed by atoms with Crippen molar-refractivity contribution in [2.24, 2.45) is 0 Å². The highest BCUT2D eigenvalue weighted by molar-refractivity contribution is 5.66. The van der Waals surface area contributed by atoms with Gasteiger partial charge in [0.25, 0.3) is 0 Å². The van der Waals surface area contributed by atoms with Gasteiger partial charge in [-0.25, -0.2) is 4.98 Å². The number of hydrogen-bond acceptors (Lipinski definition) is 4. The van der Waals surface area contributed by atoms with E-state index in [9.17, 15) is 4.79 Å². The molecule has 0 fully saturated rings. The lowest BCUT2D eigenvalue weighted by Crippen LogP contribution is -2.00. The number of para-hydroxylation sites is 1. The monoisotopic (exact) mass is 247 g/mol. The zero-order chi connectivity index (χ0) is 12.8. The molecule has 0 saturated heterocycles. The summed E-state index contributed by atoms with van der Waals surface area (Å²) in [5, 5.41) is 15.2. The number of nitrogens with zero attached hydrogens (tertiary/aromatic N) is 2. The van der Waals surface area contributed by atoms with Crippen molar-refractivity contribution in [3.8, 4) is 5.75 Å². The molecular formula is C12H13N3O3. The summed E-state index contributed by atoms with van der Waals surface area (Å²) >= 11 is 0. The maximum atomic E-state index is 10.4. The zero-order valence-corrected chi connectivity index (χ0v) is 9.67. The number of aromatic amines is 1. The molecule has 0 spiro atoms. The first kappa shape index (κ1) is 12.1. The van der Waals surface area contributed by atoms with E-state index in [0.717, 1.165) is 5.75 Å². The van der Waals surface area contributed by atoms with Gasteiger partial charge in [0.1, 0.15) is 12.4 Å². The molecule has 0 radical (unpaired) electrons. The van der Waals surface area contributed by atoms with Crippen LogP contribution >= 0.6 is 0 Å². The van der Waals surface area contributed by atoms with Gasteiger partial charge in [0.15, 0.2) is 11.6 Å². The number of nitrogens with one attached hydrogen (secondary N) is 1. The molecule has 1 heterocycles. The second-order valence-electron chi connectivity index (χ2n) is 3.69. The van der Waals surface area contributed by atoms with Crippen LogP contribution in [-0.2, 0) is 17.8 Å². The second-order valence-corrected chi connectivity index (χ2v) is 3.69. The molecule has 0 bridgehead atoms. The molecule has 0 unspecified atom stereocenters. The molecule has 6 heteroatoms. The van der Waals surface area contributed by atoms with E-state index in [0.29, 0.717) is 18.1 Å². The average Bonchev–Trinajstić information content (AvgIpc) is 2.83. The van der Waals surface area contributed by atoms with Crippen molar-refractivity contribution in [2.75, 3.05) is 0 Å². The van der Waals surface area contributed by atoms with Gasteiger partial charge in [-0.15, -0.1) is 0 Å². The fraction of sp³-hybridized carbons (Fsp3) is 0.250. The van der Waals surface area contributed by atoms with Gasteiger partial charge < -0.3 is 9.84 Å². The van der Waals surface area contributed by atoms with Crippen molar-refractivity contribution in [2.45, 2.75) is 19.4 Å². The van der Waals surface area contributed by atoms with Crippen LogP contribution in [0.1, 0.15) is 18.1 Å². The Morgan fingerprint density at radius 2 is 2.11 bits per heavy atom. The Morgan fingerprint density at radius 1 is 1.33 bits per heavy atom. The summed E-state index contributed by atoms with van der Waals surface area (Å²) in [5.41, 5.74) is 0. The van der Waals surface area contributed by atoms with E-state index in [4.69, 9.17) is 9.84 Å². The predicted octanol–water partition coefficient (Wildman–Crippen LogP) is 1.40. The van der Waals surface area contributed by atoms with Gasteiger partial charge >= 0.3 is 5.97 Å². The van der Waals surface area contributed by atoms with Crippen molar-refractivity contribution >= 4 is 5.97 Å². The summed E-state index contributed by atoms with van der Waals surface area (Å²) in [5.74, 6) is 0.964. The SMILES string of the molecule is O=C(O)CCc1n[nH]c(COc2ccccc2)n1. The van der Waals surface area contributed by atoms with Gasteiger partial charge in [0.2, 0.25) is 0 Å². The second kappa shape index (κ2) is 5.81. The number of rotatable bonds is 6. The summed E-state index contributed by atoms with van der Waals surface area (Å²) in [4.78, 5) is 14.5. The normalized spacial score (nSPS) is 10.2. The third-order valence-corrected chi connectivity index (χ3v) is 2.26. The fourth-order valence-electron chi connectivity index (χ4n) is 1.40. The minimum absolute atomic E-state index is 0.0246. The predicted molar refractivity (Wildman–Crippen MR) is 63.1 cm³/mol. The van der Waals surface area contributed by atoms with E-state index in [1.807, 2.05) is 30.3 Å². The summed E-state index contributed by atoms with van der Waals surface area (Å²) in [6.07, 6.45) is 0.341. The van der Waals surface area contributed by atoms with Crippen LogP contribution in [0.5, 0.6) is 5.75 Å². The quantitative estimate of drug-likeness (QED) is 0.805. The number of benzene rings is 1. The molecule has 0 aliphatic rings. The van der Waals surface area contributed by atoms with Gasteiger partial charge in [-0.2, -0.15) is 5.10 Å². The standard InChI is InChI=1S/C12H13N3O3/c16-12(17)7-6-10-13-11(15-14-10)8-18-9-4-2-1-3-5-9/h1-5H,6-8H2,(H,16,17)(H,13,14,15). The summed E-state index contributed by atoms with van der Waals surface area (Å²) in [7, 11) is 0. The Labute approximate surface area is 104 Å². The Kier molecular flexibility index (Phi) is 3.90. The van der Waals surface area contributed by atoms with Crippen LogP contribution in [-0.4, -0.2) is 26.3 Å². The van der Waals surface area contributed by atoms with Crippen LogP contribution in [0, 0.1) is 0 Å². The minimum Gasteiger partial charge on any atom is -0.486 e. The molecule has 2 aromatic rings. The third-order valence-electron chi connectivity index (χ3n) is 2.26. The molecule has 0 saturated carbocycles. The van der Waals surface area contributed by atoms with Crippen LogP contribution in [0.2, 0.25) is 0 Å². The van der Waals surface area contributed by atoms with Crippen molar-refractivity contribution in [3.63, 3.8) is 0 Å². The van der Waals surface area contributed by atoms with Gasteiger partial charge in [-0.3, -0.25) is 9.89 Å². The average molecular weight is 247 g/mol. The van der Waals surface area contributed by atoms with Crippen LogP contribution in [0.25, 0.3) is 0 Å². The zero-order valence-electron chi connectivity index (χ0n) is 9.67. The minimum atomic E-state index is -0.859. The smallest absolute Gasteiger partial charge is 0.303 e. The van der Waals surface area contributed by atoms with Crippen LogP contribution in [0.4, 0.5) is 0 Å². The van der Waals surface area contributed by atoms with E-state index in [1.54, 1.807) is 0 Å². The Balaban J connectivity index is 1.85. The highest BCUT2D eigenvalue weighted by atomic mass is 16.5. The Bertz CT molecular complexity index is 510. The first-order valence-electron chi connectivity index (χ1n) is 5.54. The molecular weight excluding hydrogens is 234 g/mol. The maximum absolute atomic E-state index is 10.4. The van der Waals surface area contributed by atoms with Crippen LogP contribution in [0.3, 0.4) is 0 Å². The van der Waals surface area contributed by atoms with E-state index >= 15 is 0 Å². The van der Waals surface area contributed by atoms with Gasteiger partial charge in [-0.05, 0) is 12.1 Å². The third kappa shape index (κ3) is 3.58. The lowest BCUT2D eigenvalue weighted by atomic mass is 10.3. The number of carbonyl (C=O) groups is 1. The number of aromatic nitrogens is 3. The lowest BCUT2D eigenvalue weighted by molar-refractivity contribution is -0.137. The number of hydrogen-bond donors (Lipinski definition) is 2. The lowest BCUT2D eigenvalue weighted by Gasteiger charge is -2.02. The molecule has 2 N–H and O–H groups in total. The summed E-state index contributed by atoms with van der Waals surface area (Å²) in [6.45, 7) is 0.282. The van der Waals surface area contributed by atoms with Gasteiger partial charge in [-0.1, -0.05) is 18.2 Å². The number of aryl methyl sites for hydroxylation is 1. The maximum Gasteiger partial charge on any atom is 0.303 e. The topological polar surface area (TPSA) is 88.1 Å². The molecule has 1 aromatic carbocycles. The highest BCUT2D eigenvalue weighted by Crippen LogP contribution is 2.10. The van der Waals surface area contributed by atoms with Crippen LogP contribution < -0.4 is 4.74 Å². The number of carboxylic acids is 1. The largest absolute Gasteiger partial charge is 0.486 e. The molecule has 94 valence electrons.